The molecule has 5 heteroatoms. The van der Waals surface area contributed by atoms with Crippen molar-refractivity contribution in [3.05, 3.63) is 28.8 Å². The summed E-state index contributed by atoms with van der Waals surface area (Å²) in [6.07, 6.45) is 0.267. The molecule has 1 amide bonds. The van der Waals surface area contributed by atoms with Crippen molar-refractivity contribution in [2.24, 2.45) is 5.92 Å². The monoisotopic (exact) mass is 239 g/mol. The fourth-order valence-corrected chi connectivity index (χ4v) is 2.05. The van der Waals surface area contributed by atoms with Crippen LogP contribution in [0.15, 0.2) is 18.2 Å². The third-order valence-corrected chi connectivity index (χ3v) is 2.98. The Balaban J connectivity index is 2.44. The molecule has 2 N–H and O–H groups in total. The van der Waals surface area contributed by atoms with Crippen LogP contribution in [-0.2, 0) is 16.0 Å². The van der Waals surface area contributed by atoms with Crippen molar-refractivity contribution in [1.29, 1.82) is 0 Å². The van der Waals surface area contributed by atoms with Crippen LogP contribution in [0.25, 0.3) is 0 Å². The number of hydrogen-bond donors (Lipinski definition) is 2. The highest BCUT2D eigenvalue weighted by atomic mass is 35.5. The van der Waals surface area contributed by atoms with E-state index in [0.29, 0.717) is 16.3 Å². The molecule has 0 aliphatic carbocycles. The minimum Gasteiger partial charge on any atom is -0.481 e. The Bertz CT molecular complexity index is 459. The third kappa shape index (κ3) is 2.02. The average molecular weight is 240 g/mol. The number of benzene rings is 1. The molecule has 1 heterocycles. The van der Waals surface area contributed by atoms with Crippen molar-refractivity contribution < 1.29 is 14.7 Å². The second-order valence-corrected chi connectivity index (χ2v) is 4.16. The smallest absolute Gasteiger partial charge is 0.307 e. The van der Waals surface area contributed by atoms with Gasteiger partial charge in [0.2, 0.25) is 5.91 Å². The topological polar surface area (TPSA) is 66.4 Å². The van der Waals surface area contributed by atoms with Crippen LogP contribution in [0.1, 0.15) is 12.0 Å². The van der Waals surface area contributed by atoms with E-state index in [1.54, 1.807) is 18.2 Å². The highest BCUT2D eigenvalue weighted by Crippen LogP contribution is 2.30. The molecule has 0 spiro atoms. The van der Waals surface area contributed by atoms with E-state index in [0.717, 1.165) is 0 Å². The van der Waals surface area contributed by atoms with Gasteiger partial charge in [-0.15, -0.1) is 0 Å². The van der Waals surface area contributed by atoms with Gasteiger partial charge in [-0.2, -0.15) is 0 Å². The van der Waals surface area contributed by atoms with Gasteiger partial charge in [-0.05, 0) is 24.1 Å². The molecule has 0 saturated carbocycles. The number of amides is 1. The summed E-state index contributed by atoms with van der Waals surface area (Å²) in [6, 6.07) is 5.14. The quantitative estimate of drug-likeness (QED) is 0.787. The van der Waals surface area contributed by atoms with E-state index in [1.165, 1.54) is 0 Å². The number of halogens is 1. The van der Waals surface area contributed by atoms with Gasteiger partial charge >= 0.3 is 5.97 Å². The number of anilines is 1. The fourth-order valence-electron chi connectivity index (χ4n) is 1.80. The minimum atomic E-state index is -0.970. The van der Waals surface area contributed by atoms with E-state index in [1.807, 2.05) is 0 Å². The Morgan fingerprint density at radius 1 is 1.44 bits per heavy atom. The first-order chi connectivity index (χ1) is 7.58. The van der Waals surface area contributed by atoms with Crippen molar-refractivity contribution in [2.45, 2.75) is 12.8 Å². The first-order valence-corrected chi connectivity index (χ1v) is 5.26. The maximum atomic E-state index is 11.5. The van der Waals surface area contributed by atoms with Crippen LogP contribution in [-0.4, -0.2) is 17.0 Å². The van der Waals surface area contributed by atoms with Crippen LogP contribution < -0.4 is 5.32 Å². The molecule has 1 aliphatic heterocycles. The molecule has 0 bridgehead atoms. The van der Waals surface area contributed by atoms with Crippen molar-refractivity contribution >= 4 is 29.2 Å². The predicted molar refractivity (Wildman–Crippen MR) is 59.5 cm³/mol. The molecule has 2 rings (SSSR count). The lowest BCUT2D eigenvalue weighted by Crippen LogP contribution is -2.20. The molecule has 1 atom stereocenters. The molecule has 0 fully saturated rings. The maximum absolute atomic E-state index is 11.5. The molecule has 1 aromatic rings. The Morgan fingerprint density at radius 2 is 2.19 bits per heavy atom. The summed E-state index contributed by atoms with van der Waals surface area (Å²) in [6.45, 7) is 0. The molecule has 1 aliphatic rings. The van der Waals surface area contributed by atoms with Gasteiger partial charge in [-0.1, -0.05) is 17.7 Å². The van der Waals surface area contributed by atoms with Crippen LogP contribution in [0.3, 0.4) is 0 Å². The Kier molecular flexibility index (Phi) is 2.83. The highest BCUT2D eigenvalue weighted by molar-refractivity contribution is 6.32. The third-order valence-electron chi connectivity index (χ3n) is 2.62. The number of carbonyl (C=O) groups is 2. The van der Waals surface area contributed by atoms with E-state index in [-0.39, 0.29) is 18.7 Å². The lowest BCUT2D eigenvalue weighted by Gasteiger charge is -2.09. The number of carbonyl (C=O) groups excluding carboxylic acids is 1. The van der Waals surface area contributed by atoms with Crippen molar-refractivity contribution in [3.8, 4) is 0 Å². The first-order valence-electron chi connectivity index (χ1n) is 4.88. The summed E-state index contributed by atoms with van der Waals surface area (Å²) in [5.41, 5.74) is 1.31. The predicted octanol–water partition coefficient (Wildman–Crippen LogP) is 1.93. The summed E-state index contributed by atoms with van der Waals surface area (Å²) in [5, 5.41) is 12.1. The molecule has 4 nitrogen and oxygen atoms in total. The van der Waals surface area contributed by atoms with Crippen molar-refractivity contribution in [2.75, 3.05) is 5.32 Å². The molecule has 0 radical (unpaired) electrons. The normalized spacial score (nSPS) is 19.6. The fraction of sp³-hybridized carbons (Fsp3) is 0.273. The largest absolute Gasteiger partial charge is 0.481 e. The van der Waals surface area contributed by atoms with Gasteiger partial charge in [0.1, 0.15) is 0 Å². The summed E-state index contributed by atoms with van der Waals surface area (Å²) in [4.78, 5) is 22.4. The molecule has 84 valence electrons. The van der Waals surface area contributed by atoms with Crippen LogP contribution in [0, 0.1) is 5.92 Å². The Hall–Kier alpha value is -1.55. The summed E-state index contributed by atoms with van der Waals surface area (Å²) in [7, 11) is 0. The summed E-state index contributed by atoms with van der Waals surface area (Å²) in [5.74, 6) is -1.96. The van der Waals surface area contributed by atoms with E-state index < -0.39 is 11.9 Å². The van der Waals surface area contributed by atoms with Crippen LogP contribution >= 0.6 is 11.6 Å². The minimum absolute atomic E-state index is 0.0135. The second-order valence-electron chi connectivity index (χ2n) is 3.76. The number of carboxylic acid groups (broad SMARTS) is 1. The van der Waals surface area contributed by atoms with Gasteiger partial charge < -0.3 is 10.4 Å². The van der Waals surface area contributed by atoms with Gasteiger partial charge in [0.15, 0.2) is 0 Å². The summed E-state index contributed by atoms with van der Waals surface area (Å²) >= 11 is 5.99. The van der Waals surface area contributed by atoms with E-state index in [2.05, 4.69) is 5.32 Å². The van der Waals surface area contributed by atoms with Gasteiger partial charge in [0.25, 0.3) is 0 Å². The molecule has 1 aromatic carbocycles. The first kappa shape index (κ1) is 11.0. The molecule has 16 heavy (non-hydrogen) atoms. The number of carboxylic acids is 1. The standard InChI is InChI=1S/C11H10ClNO3/c12-8-2-1-3-9-7(8)4-6(11(15)16)5-10(14)13-9/h1-3,6H,4-5H2,(H,13,14)(H,15,16). The van der Waals surface area contributed by atoms with Gasteiger partial charge in [0.05, 0.1) is 5.92 Å². The Labute approximate surface area is 97.2 Å². The number of aliphatic carboxylic acids is 1. The van der Waals surface area contributed by atoms with E-state index in [4.69, 9.17) is 16.7 Å². The maximum Gasteiger partial charge on any atom is 0.307 e. The number of nitrogens with one attached hydrogen (secondary N) is 1. The zero-order valence-electron chi connectivity index (χ0n) is 8.37. The van der Waals surface area contributed by atoms with Crippen molar-refractivity contribution in [3.63, 3.8) is 0 Å². The summed E-state index contributed by atoms with van der Waals surface area (Å²) < 4.78 is 0. The zero-order chi connectivity index (χ0) is 11.7. The SMILES string of the molecule is O=C1CC(C(=O)O)Cc2c(Cl)cccc2N1. The number of hydrogen-bond acceptors (Lipinski definition) is 2. The molecular formula is C11H10ClNO3. The lowest BCUT2D eigenvalue weighted by molar-refractivity contribution is -0.143. The molecule has 0 aromatic heterocycles. The Morgan fingerprint density at radius 3 is 2.88 bits per heavy atom. The molecule has 0 saturated heterocycles. The van der Waals surface area contributed by atoms with E-state index >= 15 is 0 Å². The van der Waals surface area contributed by atoms with E-state index in [9.17, 15) is 9.59 Å². The van der Waals surface area contributed by atoms with Gasteiger partial charge in [0, 0.05) is 17.1 Å². The van der Waals surface area contributed by atoms with Crippen LogP contribution in [0.4, 0.5) is 5.69 Å². The van der Waals surface area contributed by atoms with Gasteiger partial charge in [-0.25, -0.2) is 0 Å². The molecule has 1 unspecified atom stereocenters. The number of rotatable bonds is 1. The molecular weight excluding hydrogens is 230 g/mol. The second kappa shape index (κ2) is 4.14. The average Bonchev–Trinajstić information content (AvgIpc) is 2.37. The van der Waals surface area contributed by atoms with Crippen molar-refractivity contribution in [1.82, 2.24) is 0 Å². The van der Waals surface area contributed by atoms with Crippen LogP contribution in [0.2, 0.25) is 5.02 Å². The highest BCUT2D eigenvalue weighted by Gasteiger charge is 2.27. The van der Waals surface area contributed by atoms with Crippen LogP contribution in [0.5, 0.6) is 0 Å². The number of fused-ring (bicyclic) bond motifs is 1. The van der Waals surface area contributed by atoms with Gasteiger partial charge in [-0.3, -0.25) is 9.59 Å². The lowest BCUT2D eigenvalue weighted by atomic mass is 9.97. The zero-order valence-corrected chi connectivity index (χ0v) is 9.12.